The molecule has 0 spiro atoms. The molecule has 1 heterocycles. The molecule has 29 heavy (non-hydrogen) atoms. The summed E-state index contributed by atoms with van der Waals surface area (Å²) < 4.78 is 27.0. The van der Waals surface area contributed by atoms with Gasteiger partial charge in [-0.2, -0.15) is 0 Å². The Hall–Kier alpha value is -2.26. The zero-order valence-corrected chi connectivity index (χ0v) is 17.7. The number of aromatic nitrogens is 1. The number of hydrogen-bond acceptors (Lipinski definition) is 5. The molecule has 0 unspecified atom stereocenters. The molecule has 1 aromatic heterocycles. The first kappa shape index (κ1) is 20.0. The quantitative estimate of drug-likeness (QED) is 0.576. The van der Waals surface area contributed by atoms with Crippen LogP contribution in [0.25, 0.3) is 10.6 Å². The van der Waals surface area contributed by atoms with Crippen molar-refractivity contribution in [3.05, 3.63) is 70.2 Å². The molecule has 1 aliphatic rings. The minimum atomic E-state index is -3.47. The molecule has 4 rings (SSSR count). The Kier molecular flexibility index (Phi) is 5.69. The van der Waals surface area contributed by atoms with Crippen LogP contribution >= 0.6 is 22.9 Å². The minimum Gasteiger partial charge on any atom is -0.347 e. The zero-order chi connectivity index (χ0) is 20.4. The van der Waals surface area contributed by atoms with E-state index in [1.54, 1.807) is 41.8 Å². The lowest BCUT2D eigenvalue weighted by atomic mass is 10.2. The van der Waals surface area contributed by atoms with E-state index in [1.165, 1.54) is 11.3 Å². The van der Waals surface area contributed by atoms with Gasteiger partial charge in [0.15, 0.2) is 0 Å². The monoisotopic (exact) mass is 447 g/mol. The zero-order valence-electron chi connectivity index (χ0n) is 15.3. The Morgan fingerprint density at radius 2 is 1.93 bits per heavy atom. The Morgan fingerprint density at radius 3 is 2.62 bits per heavy atom. The highest BCUT2D eigenvalue weighted by molar-refractivity contribution is 7.89. The maximum atomic E-state index is 12.4. The largest absolute Gasteiger partial charge is 0.347 e. The fourth-order valence-electron chi connectivity index (χ4n) is 2.68. The van der Waals surface area contributed by atoms with Crippen molar-refractivity contribution in [1.29, 1.82) is 0 Å². The number of carbonyl (C=O) groups is 1. The van der Waals surface area contributed by atoms with Crippen molar-refractivity contribution in [2.24, 2.45) is 0 Å². The highest BCUT2D eigenvalue weighted by atomic mass is 35.5. The molecule has 0 bridgehead atoms. The van der Waals surface area contributed by atoms with Gasteiger partial charge in [-0.25, -0.2) is 18.1 Å². The minimum absolute atomic E-state index is 0.0638. The van der Waals surface area contributed by atoms with Crippen LogP contribution < -0.4 is 10.0 Å². The lowest BCUT2D eigenvalue weighted by Gasteiger charge is -2.07. The van der Waals surface area contributed by atoms with Gasteiger partial charge >= 0.3 is 0 Å². The third kappa shape index (κ3) is 5.02. The summed E-state index contributed by atoms with van der Waals surface area (Å²) in [6, 6.07) is 13.9. The maximum absolute atomic E-state index is 12.4. The van der Waals surface area contributed by atoms with Gasteiger partial charge in [-0.05, 0) is 42.7 Å². The predicted octanol–water partition coefficient (Wildman–Crippen LogP) is 3.83. The van der Waals surface area contributed by atoms with Crippen LogP contribution in [-0.4, -0.2) is 25.4 Å². The predicted molar refractivity (Wildman–Crippen MR) is 114 cm³/mol. The number of hydrogen-bond donors (Lipinski definition) is 2. The van der Waals surface area contributed by atoms with Gasteiger partial charge < -0.3 is 5.32 Å². The van der Waals surface area contributed by atoms with E-state index in [0.717, 1.165) is 29.0 Å². The second kappa shape index (κ2) is 8.23. The average Bonchev–Trinajstić information content (AvgIpc) is 3.36. The molecule has 1 aliphatic carbocycles. The summed E-state index contributed by atoms with van der Waals surface area (Å²) in [4.78, 5) is 17.0. The fraction of sp³-hybridized carbons (Fsp3) is 0.200. The van der Waals surface area contributed by atoms with Crippen LogP contribution in [0.5, 0.6) is 0 Å². The van der Waals surface area contributed by atoms with Gasteiger partial charge in [-0.1, -0.05) is 35.9 Å². The number of halogens is 1. The average molecular weight is 448 g/mol. The highest BCUT2D eigenvalue weighted by Crippen LogP contribution is 2.26. The summed E-state index contributed by atoms with van der Waals surface area (Å²) in [7, 11) is -3.47. The number of benzene rings is 2. The van der Waals surface area contributed by atoms with Crippen molar-refractivity contribution in [2.75, 3.05) is 0 Å². The molecule has 1 amide bonds. The van der Waals surface area contributed by atoms with Gasteiger partial charge in [0.2, 0.25) is 10.0 Å². The Labute approximate surface area is 178 Å². The van der Waals surface area contributed by atoms with Crippen LogP contribution in [0.2, 0.25) is 5.02 Å². The first-order valence-corrected chi connectivity index (χ1v) is 11.8. The summed E-state index contributed by atoms with van der Waals surface area (Å²) in [6.07, 6.45) is 1.78. The van der Waals surface area contributed by atoms with E-state index in [-0.39, 0.29) is 23.4 Å². The van der Waals surface area contributed by atoms with E-state index in [4.69, 9.17) is 11.6 Å². The highest BCUT2D eigenvalue weighted by Gasteiger charge is 2.27. The third-order valence-corrected chi connectivity index (χ3v) is 7.06. The standard InChI is InChI=1S/C20H18ClN3O3S2/c21-15-3-1-2-14(10-15)20-23-18(12-28-20)19(25)22-11-13-4-8-17(9-5-13)29(26,27)24-16-6-7-16/h1-5,8-10,12,16,24H,6-7,11H2,(H,22,25). The summed E-state index contributed by atoms with van der Waals surface area (Å²) >= 11 is 7.38. The van der Waals surface area contributed by atoms with Gasteiger partial charge in [0.05, 0.1) is 4.90 Å². The molecule has 2 aromatic carbocycles. The molecule has 0 atom stereocenters. The van der Waals surface area contributed by atoms with Crippen LogP contribution in [0.3, 0.4) is 0 Å². The summed E-state index contributed by atoms with van der Waals surface area (Å²) in [5.41, 5.74) is 1.99. The van der Waals surface area contributed by atoms with E-state index in [0.29, 0.717) is 10.7 Å². The number of amides is 1. The van der Waals surface area contributed by atoms with E-state index < -0.39 is 10.0 Å². The van der Waals surface area contributed by atoms with E-state index >= 15 is 0 Å². The van der Waals surface area contributed by atoms with Crippen LogP contribution in [0.1, 0.15) is 28.9 Å². The van der Waals surface area contributed by atoms with Crippen molar-refractivity contribution in [3.63, 3.8) is 0 Å². The van der Waals surface area contributed by atoms with E-state index in [1.807, 2.05) is 12.1 Å². The van der Waals surface area contributed by atoms with Crippen LogP contribution in [0, 0.1) is 0 Å². The number of nitrogens with one attached hydrogen (secondary N) is 2. The number of sulfonamides is 1. The number of nitrogens with zero attached hydrogens (tertiary/aromatic N) is 1. The maximum Gasteiger partial charge on any atom is 0.271 e. The molecule has 3 aromatic rings. The van der Waals surface area contributed by atoms with Gasteiger partial charge in [-0.3, -0.25) is 4.79 Å². The Morgan fingerprint density at radius 1 is 1.17 bits per heavy atom. The number of carbonyl (C=O) groups excluding carboxylic acids is 1. The first-order chi connectivity index (χ1) is 13.9. The Balaban J connectivity index is 1.37. The normalized spacial score (nSPS) is 14.0. The molecule has 9 heteroatoms. The summed E-state index contributed by atoms with van der Waals surface area (Å²) in [6.45, 7) is 0.277. The van der Waals surface area contributed by atoms with Crippen molar-refractivity contribution in [3.8, 4) is 10.6 Å². The van der Waals surface area contributed by atoms with Crippen molar-refractivity contribution >= 4 is 38.9 Å². The van der Waals surface area contributed by atoms with Crippen molar-refractivity contribution in [1.82, 2.24) is 15.0 Å². The smallest absolute Gasteiger partial charge is 0.271 e. The fourth-order valence-corrected chi connectivity index (χ4v) is 4.97. The number of thiazole rings is 1. The topological polar surface area (TPSA) is 88.2 Å². The van der Waals surface area contributed by atoms with Gasteiger partial charge in [0, 0.05) is 28.6 Å². The second-order valence-electron chi connectivity index (χ2n) is 6.77. The Bertz CT molecular complexity index is 1140. The molecule has 150 valence electrons. The SMILES string of the molecule is O=C(NCc1ccc(S(=O)(=O)NC2CC2)cc1)c1csc(-c2cccc(Cl)c2)n1. The molecule has 0 saturated heterocycles. The van der Waals surface area contributed by atoms with Gasteiger partial charge in [0.25, 0.3) is 5.91 Å². The number of rotatable bonds is 7. The molecule has 6 nitrogen and oxygen atoms in total. The molecule has 1 saturated carbocycles. The molecule has 1 fully saturated rings. The molecule has 2 N–H and O–H groups in total. The molecular formula is C20H18ClN3O3S2. The van der Waals surface area contributed by atoms with Gasteiger partial charge in [0.1, 0.15) is 10.7 Å². The van der Waals surface area contributed by atoms with Crippen LogP contribution in [0.15, 0.2) is 58.8 Å². The van der Waals surface area contributed by atoms with Crippen LogP contribution in [-0.2, 0) is 16.6 Å². The summed E-state index contributed by atoms with van der Waals surface area (Å²) in [5, 5.41) is 5.84. The molecule has 0 radical (unpaired) electrons. The third-order valence-electron chi connectivity index (χ3n) is 4.39. The van der Waals surface area contributed by atoms with Crippen molar-refractivity contribution in [2.45, 2.75) is 30.3 Å². The lowest BCUT2D eigenvalue weighted by molar-refractivity contribution is 0.0946. The van der Waals surface area contributed by atoms with Crippen LogP contribution in [0.4, 0.5) is 0 Å². The van der Waals surface area contributed by atoms with Gasteiger partial charge in [-0.15, -0.1) is 11.3 Å². The molecule has 0 aliphatic heterocycles. The van der Waals surface area contributed by atoms with E-state index in [2.05, 4.69) is 15.0 Å². The molecular weight excluding hydrogens is 430 g/mol. The second-order valence-corrected chi connectivity index (χ2v) is 9.78. The lowest BCUT2D eigenvalue weighted by Crippen LogP contribution is -2.26. The van der Waals surface area contributed by atoms with Crippen molar-refractivity contribution < 1.29 is 13.2 Å². The first-order valence-electron chi connectivity index (χ1n) is 9.02. The van der Waals surface area contributed by atoms with E-state index in [9.17, 15) is 13.2 Å². The summed E-state index contributed by atoms with van der Waals surface area (Å²) in [5.74, 6) is -0.290.